The zero-order valence-electron chi connectivity index (χ0n) is 12.0. The van der Waals surface area contributed by atoms with Gasteiger partial charge in [0.05, 0.1) is 17.8 Å². The second kappa shape index (κ2) is 6.08. The Morgan fingerprint density at radius 3 is 3.05 bits per heavy atom. The molecule has 22 heavy (non-hydrogen) atoms. The van der Waals surface area contributed by atoms with Gasteiger partial charge in [-0.2, -0.15) is 0 Å². The molecule has 110 valence electrons. The average Bonchev–Trinajstić information content (AvgIpc) is 2.94. The number of thioether (sulfide) groups is 1. The van der Waals surface area contributed by atoms with Gasteiger partial charge in [0.2, 0.25) is 5.91 Å². The van der Waals surface area contributed by atoms with Crippen LogP contribution in [0.3, 0.4) is 0 Å². The van der Waals surface area contributed by atoms with Crippen molar-refractivity contribution in [3.63, 3.8) is 0 Å². The Labute approximate surface area is 132 Å². The third kappa shape index (κ3) is 2.63. The van der Waals surface area contributed by atoms with Crippen LogP contribution >= 0.6 is 11.8 Å². The Morgan fingerprint density at radius 2 is 2.23 bits per heavy atom. The van der Waals surface area contributed by atoms with Crippen LogP contribution in [-0.2, 0) is 4.79 Å². The number of carbonyl (C=O) groups excluding carboxylic acids is 1. The molecular formula is C16H14N4OS. The number of aromatic nitrogens is 3. The van der Waals surface area contributed by atoms with E-state index in [1.807, 2.05) is 28.7 Å². The molecule has 0 fully saturated rings. The van der Waals surface area contributed by atoms with Crippen LogP contribution < -0.4 is 5.32 Å². The van der Waals surface area contributed by atoms with Gasteiger partial charge in [0.15, 0.2) is 10.8 Å². The lowest BCUT2D eigenvalue weighted by atomic mass is 10.1. The Bertz CT molecular complexity index is 894. The number of pyridine rings is 1. The number of carbonyl (C=O) groups is 1. The number of hydrogen-bond acceptors (Lipinski definition) is 4. The van der Waals surface area contributed by atoms with Gasteiger partial charge in [-0.25, -0.2) is 0 Å². The molecule has 0 saturated heterocycles. The lowest BCUT2D eigenvalue weighted by molar-refractivity contribution is -0.118. The van der Waals surface area contributed by atoms with Crippen molar-refractivity contribution >= 4 is 34.2 Å². The van der Waals surface area contributed by atoms with Crippen LogP contribution in [0.15, 0.2) is 35.5 Å². The molecule has 0 saturated carbocycles. The first-order valence-electron chi connectivity index (χ1n) is 6.77. The van der Waals surface area contributed by atoms with Crippen molar-refractivity contribution in [2.24, 2.45) is 0 Å². The van der Waals surface area contributed by atoms with E-state index in [9.17, 15) is 4.79 Å². The van der Waals surface area contributed by atoms with E-state index in [1.54, 1.807) is 0 Å². The van der Waals surface area contributed by atoms with Gasteiger partial charge in [-0.15, -0.1) is 16.6 Å². The van der Waals surface area contributed by atoms with Crippen molar-refractivity contribution in [2.45, 2.75) is 12.1 Å². The molecule has 0 unspecified atom stereocenters. The van der Waals surface area contributed by atoms with Crippen molar-refractivity contribution in [3.8, 4) is 12.3 Å². The highest BCUT2D eigenvalue weighted by molar-refractivity contribution is 7.99. The van der Waals surface area contributed by atoms with E-state index in [2.05, 4.69) is 34.4 Å². The Kier molecular flexibility index (Phi) is 3.98. The molecular weight excluding hydrogens is 296 g/mol. The summed E-state index contributed by atoms with van der Waals surface area (Å²) in [5.41, 5.74) is 2.97. The zero-order valence-corrected chi connectivity index (χ0v) is 12.9. The minimum atomic E-state index is -0.115. The molecule has 5 nitrogen and oxygen atoms in total. The normalized spacial score (nSPS) is 10.7. The van der Waals surface area contributed by atoms with Crippen molar-refractivity contribution in [2.75, 3.05) is 12.3 Å². The molecule has 1 amide bonds. The molecule has 1 aromatic carbocycles. The van der Waals surface area contributed by atoms with Crippen molar-refractivity contribution in [1.29, 1.82) is 0 Å². The molecule has 6 heteroatoms. The van der Waals surface area contributed by atoms with E-state index in [0.29, 0.717) is 5.16 Å². The quantitative estimate of drug-likeness (QED) is 0.592. The first kappa shape index (κ1) is 14.4. The lowest BCUT2D eigenvalue weighted by Crippen LogP contribution is -2.25. The number of para-hydroxylation sites is 1. The predicted molar refractivity (Wildman–Crippen MR) is 87.8 cm³/mol. The molecule has 0 spiro atoms. The van der Waals surface area contributed by atoms with E-state index >= 15 is 0 Å². The summed E-state index contributed by atoms with van der Waals surface area (Å²) in [4.78, 5) is 11.7. The first-order chi connectivity index (χ1) is 10.7. The number of terminal acetylenes is 1. The summed E-state index contributed by atoms with van der Waals surface area (Å²) >= 11 is 1.34. The molecule has 0 bridgehead atoms. The van der Waals surface area contributed by atoms with Crippen LogP contribution in [0.25, 0.3) is 16.6 Å². The summed E-state index contributed by atoms with van der Waals surface area (Å²) in [6, 6.07) is 10.1. The van der Waals surface area contributed by atoms with Crippen molar-refractivity contribution in [3.05, 3.63) is 35.9 Å². The molecule has 3 rings (SSSR count). The van der Waals surface area contributed by atoms with Crippen molar-refractivity contribution < 1.29 is 4.79 Å². The average molecular weight is 310 g/mol. The van der Waals surface area contributed by atoms with Gasteiger partial charge < -0.3 is 5.32 Å². The summed E-state index contributed by atoms with van der Waals surface area (Å²) in [6.07, 6.45) is 5.12. The molecule has 2 aromatic heterocycles. The smallest absolute Gasteiger partial charge is 0.231 e. The summed E-state index contributed by atoms with van der Waals surface area (Å²) < 4.78 is 1.97. The van der Waals surface area contributed by atoms with Crippen molar-refractivity contribution in [1.82, 2.24) is 19.9 Å². The van der Waals surface area contributed by atoms with E-state index < -0.39 is 0 Å². The number of nitrogens with zero attached hydrogens (tertiary/aromatic N) is 3. The largest absolute Gasteiger partial charge is 0.344 e. The molecule has 0 aliphatic heterocycles. The van der Waals surface area contributed by atoms with E-state index in [0.717, 1.165) is 22.1 Å². The van der Waals surface area contributed by atoms with Crippen LogP contribution in [0.2, 0.25) is 0 Å². The fourth-order valence-electron chi connectivity index (χ4n) is 2.30. The van der Waals surface area contributed by atoms with Gasteiger partial charge in [0, 0.05) is 5.39 Å². The molecule has 0 aliphatic carbocycles. The highest BCUT2D eigenvalue weighted by Gasteiger charge is 2.12. The molecule has 0 atom stereocenters. The van der Waals surface area contributed by atoms with Crippen LogP contribution in [0.1, 0.15) is 5.56 Å². The van der Waals surface area contributed by atoms with E-state index in [-0.39, 0.29) is 18.2 Å². The molecule has 1 N–H and O–H groups in total. The third-order valence-electron chi connectivity index (χ3n) is 3.29. The van der Waals surface area contributed by atoms with Crippen LogP contribution in [0, 0.1) is 19.3 Å². The molecule has 3 aromatic rings. The monoisotopic (exact) mass is 310 g/mol. The Hall–Kier alpha value is -2.52. The Morgan fingerprint density at radius 1 is 1.41 bits per heavy atom. The molecule has 0 radical (unpaired) electrons. The number of nitrogens with one attached hydrogen (secondary N) is 1. The fourth-order valence-corrected chi connectivity index (χ4v) is 3.08. The summed E-state index contributed by atoms with van der Waals surface area (Å²) in [7, 11) is 0. The number of rotatable bonds is 4. The molecule has 0 aliphatic rings. The van der Waals surface area contributed by atoms with Gasteiger partial charge in [-0.3, -0.25) is 9.20 Å². The number of amides is 1. The maximum absolute atomic E-state index is 11.7. The highest BCUT2D eigenvalue weighted by atomic mass is 32.2. The summed E-state index contributed by atoms with van der Waals surface area (Å²) in [5.74, 6) is 2.52. The zero-order chi connectivity index (χ0) is 15.5. The fraction of sp³-hybridized carbons (Fsp3) is 0.188. The van der Waals surface area contributed by atoms with Crippen LogP contribution in [-0.4, -0.2) is 32.8 Å². The first-order valence-corrected chi connectivity index (χ1v) is 7.75. The highest BCUT2D eigenvalue weighted by Crippen LogP contribution is 2.25. The van der Waals surface area contributed by atoms with Gasteiger partial charge in [0.1, 0.15) is 0 Å². The second-order valence-electron chi connectivity index (χ2n) is 4.79. The predicted octanol–water partition coefficient (Wildman–Crippen LogP) is 2.03. The SMILES string of the molecule is C#CCNC(=O)CSc1nnc2cc(C)c3ccccc3n12. The number of benzene rings is 1. The van der Waals surface area contributed by atoms with E-state index in [4.69, 9.17) is 6.42 Å². The molecule has 2 heterocycles. The lowest BCUT2D eigenvalue weighted by Gasteiger charge is -2.07. The minimum Gasteiger partial charge on any atom is -0.344 e. The van der Waals surface area contributed by atoms with Gasteiger partial charge in [0.25, 0.3) is 0 Å². The maximum atomic E-state index is 11.7. The third-order valence-corrected chi connectivity index (χ3v) is 4.22. The van der Waals surface area contributed by atoms with Gasteiger partial charge in [-0.1, -0.05) is 35.9 Å². The number of fused-ring (bicyclic) bond motifs is 3. The van der Waals surface area contributed by atoms with Gasteiger partial charge in [-0.05, 0) is 24.6 Å². The number of aryl methyl sites for hydroxylation is 1. The summed E-state index contributed by atoms with van der Waals surface area (Å²) in [5, 5.41) is 12.9. The minimum absolute atomic E-state index is 0.115. The standard InChI is InChI=1S/C16H14N4OS/c1-3-8-17-15(21)10-22-16-19-18-14-9-11(2)12-6-4-5-7-13(12)20(14)16/h1,4-7,9H,8,10H2,2H3,(H,17,21). The maximum Gasteiger partial charge on any atom is 0.231 e. The second-order valence-corrected chi connectivity index (χ2v) is 5.73. The van der Waals surface area contributed by atoms with Gasteiger partial charge >= 0.3 is 0 Å². The summed E-state index contributed by atoms with van der Waals surface area (Å²) in [6.45, 7) is 2.29. The van der Waals surface area contributed by atoms with E-state index in [1.165, 1.54) is 11.8 Å². The topological polar surface area (TPSA) is 59.3 Å². The number of hydrogen-bond donors (Lipinski definition) is 1. The van der Waals surface area contributed by atoms with Crippen LogP contribution in [0.5, 0.6) is 0 Å². The Balaban J connectivity index is 1.96. The van der Waals surface area contributed by atoms with Crippen LogP contribution in [0.4, 0.5) is 0 Å².